The summed E-state index contributed by atoms with van der Waals surface area (Å²) >= 11 is 0. The summed E-state index contributed by atoms with van der Waals surface area (Å²) in [4.78, 5) is 24.8. The Hall–Kier alpha value is -5.58. The molecule has 6 rings (SSSR count). The van der Waals surface area contributed by atoms with Crippen LogP contribution in [0.3, 0.4) is 0 Å². The zero-order valence-electron chi connectivity index (χ0n) is 29.9. The monoisotopic (exact) mass is 727 g/mol. The van der Waals surface area contributed by atoms with Crippen LogP contribution in [-0.4, -0.2) is 108 Å². The minimum atomic E-state index is -3.65. The van der Waals surface area contributed by atoms with Crippen LogP contribution in [0.4, 0.5) is 0 Å². The summed E-state index contributed by atoms with van der Waals surface area (Å²) in [5.74, 6) is 1.20. The van der Waals surface area contributed by atoms with Crippen molar-refractivity contribution in [2.45, 2.75) is 19.5 Å². The minimum absolute atomic E-state index is 0.0565. The molecular formula is C36H41N9O6S. The van der Waals surface area contributed by atoms with E-state index in [4.69, 9.17) is 24.3 Å². The predicted octanol–water partition coefficient (Wildman–Crippen LogP) is 3.80. The van der Waals surface area contributed by atoms with E-state index in [0.717, 1.165) is 13.0 Å². The molecule has 0 aliphatic rings. The first-order valence-electron chi connectivity index (χ1n) is 16.4. The lowest BCUT2D eigenvalue weighted by Crippen LogP contribution is -2.29. The van der Waals surface area contributed by atoms with Gasteiger partial charge >= 0.3 is 0 Å². The molecule has 0 atom stereocenters. The highest BCUT2D eigenvalue weighted by atomic mass is 32.2. The summed E-state index contributed by atoms with van der Waals surface area (Å²) in [6.45, 7) is 1.42. The van der Waals surface area contributed by atoms with Gasteiger partial charge in [0.05, 0.1) is 55.9 Å². The number of pyridine rings is 1. The number of ether oxygens (including phenoxy) is 3. The topological polar surface area (TPSA) is 158 Å². The summed E-state index contributed by atoms with van der Waals surface area (Å²) in [6, 6.07) is 14.3. The van der Waals surface area contributed by atoms with Crippen molar-refractivity contribution in [2.24, 2.45) is 0 Å². The highest BCUT2D eigenvalue weighted by Crippen LogP contribution is 2.33. The molecule has 0 unspecified atom stereocenters. The standard InChI is InChI=1S/C36H41N9O6S/c1-42(2)15-7-14-38-36(46)34-28-20-39-29(27-21-40-44-16-8-13-37-35(27)44)19-31(28)45(41-34)30-12-9-24(17-33(30)51-5)22-43(52(6,47)48)23-25-10-11-26(49-3)18-32(25)50-4/h8-13,16-21H,7,14-15,22-23H2,1-6H3,(H,38,46). The van der Waals surface area contributed by atoms with Gasteiger partial charge < -0.3 is 24.4 Å². The molecule has 0 fully saturated rings. The van der Waals surface area contributed by atoms with Crippen LogP contribution in [0.2, 0.25) is 0 Å². The number of amides is 1. The molecule has 4 aromatic heterocycles. The second-order valence-corrected chi connectivity index (χ2v) is 14.4. The third-order valence-corrected chi connectivity index (χ3v) is 9.74. The molecule has 0 aliphatic heterocycles. The van der Waals surface area contributed by atoms with Gasteiger partial charge in [-0.1, -0.05) is 12.1 Å². The quantitative estimate of drug-likeness (QED) is 0.154. The number of methoxy groups -OCH3 is 3. The van der Waals surface area contributed by atoms with Crippen molar-refractivity contribution in [1.29, 1.82) is 0 Å². The molecule has 15 nitrogen and oxygen atoms in total. The van der Waals surface area contributed by atoms with Gasteiger partial charge in [0.1, 0.15) is 22.9 Å². The summed E-state index contributed by atoms with van der Waals surface area (Å²) in [5, 5.41) is 12.7. The first-order chi connectivity index (χ1) is 25.0. The van der Waals surface area contributed by atoms with Crippen LogP contribution in [0.1, 0.15) is 28.0 Å². The second kappa shape index (κ2) is 15.3. The Labute approximate surface area is 301 Å². The molecule has 16 heteroatoms. The normalized spacial score (nSPS) is 11.8. The van der Waals surface area contributed by atoms with Crippen molar-refractivity contribution in [3.8, 4) is 34.2 Å². The molecular weight excluding hydrogens is 687 g/mol. The lowest BCUT2D eigenvalue weighted by molar-refractivity contribution is 0.0948. The molecule has 6 aromatic rings. The minimum Gasteiger partial charge on any atom is -0.497 e. The Morgan fingerprint density at radius 3 is 2.48 bits per heavy atom. The lowest BCUT2D eigenvalue weighted by atomic mass is 10.1. The van der Waals surface area contributed by atoms with Crippen molar-refractivity contribution >= 4 is 32.5 Å². The average molecular weight is 728 g/mol. The summed E-state index contributed by atoms with van der Waals surface area (Å²) < 4.78 is 47.4. The van der Waals surface area contributed by atoms with E-state index in [1.165, 1.54) is 24.8 Å². The van der Waals surface area contributed by atoms with Crippen molar-refractivity contribution in [1.82, 2.24) is 43.9 Å². The van der Waals surface area contributed by atoms with E-state index in [2.05, 4.69) is 20.3 Å². The van der Waals surface area contributed by atoms with E-state index in [-0.39, 0.29) is 24.7 Å². The van der Waals surface area contributed by atoms with Crippen molar-refractivity contribution in [3.63, 3.8) is 0 Å². The molecule has 272 valence electrons. The fraction of sp³-hybridized carbons (Fsp3) is 0.306. The van der Waals surface area contributed by atoms with Crippen LogP contribution in [-0.2, 0) is 23.1 Å². The van der Waals surface area contributed by atoms with Gasteiger partial charge in [-0.2, -0.15) is 14.5 Å². The zero-order valence-corrected chi connectivity index (χ0v) is 30.7. The smallest absolute Gasteiger partial charge is 0.272 e. The predicted molar refractivity (Wildman–Crippen MR) is 197 cm³/mol. The molecule has 0 aliphatic carbocycles. The average Bonchev–Trinajstić information content (AvgIpc) is 3.74. The number of nitrogens with one attached hydrogen (secondary N) is 1. The molecule has 2 aromatic carbocycles. The lowest BCUT2D eigenvalue weighted by Gasteiger charge is -2.22. The van der Waals surface area contributed by atoms with E-state index in [9.17, 15) is 13.2 Å². The SMILES string of the molecule is COc1ccc(CN(Cc2ccc(-n3nc(C(=O)NCCCN(C)C)c4cnc(-c5cnn6cccnc56)cc43)c(OC)c2)S(C)(=O)=O)c(OC)c1. The molecule has 1 amide bonds. The van der Waals surface area contributed by atoms with Crippen molar-refractivity contribution < 1.29 is 27.4 Å². The number of carbonyl (C=O) groups excluding carboxylic acids is 1. The van der Waals surface area contributed by atoms with Gasteiger partial charge in [0.25, 0.3) is 5.91 Å². The fourth-order valence-electron chi connectivity index (χ4n) is 5.86. The van der Waals surface area contributed by atoms with Gasteiger partial charge in [0, 0.05) is 49.9 Å². The van der Waals surface area contributed by atoms with E-state index in [1.54, 1.807) is 77.5 Å². The molecule has 0 saturated heterocycles. The number of aromatic nitrogens is 6. The Kier molecular flexibility index (Phi) is 10.7. The third kappa shape index (κ3) is 7.68. The first-order valence-corrected chi connectivity index (χ1v) is 18.3. The van der Waals surface area contributed by atoms with Crippen LogP contribution in [0.5, 0.6) is 17.2 Å². The second-order valence-electron chi connectivity index (χ2n) is 12.4. The van der Waals surface area contributed by atoms with E-state index < -0.39 is 10.0 Å². The van der Waals surface area contributed by atoms with Crippen LogP contribution >= 0.6 is 0 Å². The van der Waals surface area contributed by atoms with E-state index in [0.29, 0.717) is 68.4 Å². The first kappa shape index (κ1) is 36.2. The molecule has 0 spiro atoms. The summed E-state index contributed by atoms with van der Waals surface area (Å²) in [6.07, 6.45) is 8.76. The number of hydrogen-bond donors (Lipinski definition) is 1. The maximum absolute atomic E-state index is 13.5. The van der Waals surface area contributed by atoms with Gasteiger partial charge in [-0.05, 0) is 63.0 Å². The molecule has 0 radical (unpaired) electrons. The molecule has 1 N–H and O–H groups in total. The van der Waals surface area contributed by atoms with Gasteiger partial charge in [-0.3, -0.25) is 9.78 Å². The maximum Gasteiger partial charge on any atom is 0.272 e. The Morgan fingerprint density at radius 1 is 0.942 bits per heavy atom. The molecule has 52 heavy (non-hydrogen) atoms. The number of nitrogens with zero attached hydrogens (tertiary/aromatic N) is 8. The highest BCUT2D eigenvalue weighted by molar-refractivity contribution is 7.88. The van der Waals surface area contributed by atoms with Gasteiger partial charge in [0.15, 0.2) is 11.3 Å². The zero-order chi connectivity index (χ0) is 37.0. The van der Waals surface area contributed by atoms with Crippen molar-refractivity contribution in [3.05, 3.63) is 90.1 Å². The van der Waals surface area contributed by atoms with Gasteiger partial charge in [0.2, 0.25) is 10.0 Å². The number of hydrogen-bond acceptors (Lipinski definition) is 11. The summed E-state index contributed by atoms with van der Waals surface area (Å²) in [7, 11) is 4.92. The molecule has 4 heterocycles. The van der Waals surface area contributed by atoms with E-state index in [1.807, 2.05) is 26.2 Å². The van der Waals surface area contributed by atoms with Crippen molar-refractivity contribution in [2.75, 3.05) is 54.8 Å². The van der Waals surface area contributed by atoms with E-state index >= 15 is 0 Å². The Bertz CT molecular complexity index is 2340. The van der Waals surface area contributed by atoms with Crippen LogP contribution in [0, 0.1) is 0 Å². The van der Waals surface area contributed by atoms with Gasteiger partial charge in [-0.15, -0.1) is 0 Å². The van der Waals surface area contributed by atoms with Crippen LogP contribution in [0.15, 0.2) is 73.3 Å². The molecule has 0 bridgehead atoms. The third-order valence-electron chi connectivity index (χ3n) is 8.54. The summed E-state index contributed by atoms with van der Waals surface area (Å²) in [5.41, 5.74) is 4.64. The number of benzene rings is 2. The number of rotatable bonds is 15. The van der Waals surface area contributed by atoms with Gasteiger partial charge in [-0.25, -0.2) is 22.6 Å². The fourth-order valence-corrected chi connectivity index (χ4v) is 6.62. The Balaban J connectivity index is 1.39. The van der Waals surface area contributed by atoms with Crippen LogP contribution in [0.25, 0.3) is 33.5 Å². The maximum atomic E-state index is 13.5. The largest absolute Gasteiger partial charge is 0.497 e. The number of sulfonamides is 1. The van der Waals surface area contributed by atoms with Crippen LogP contribution < -0.4 is 19.5 Å². The number of carbonyl (C=O) groups is 1. The Morgan fingerprint density at radius 2 is 1.75 bits per heavy atom. The molecule has 0 saturated carbocycles. The highest BCUT2D eigenvalue weighted by Gasteiger charge is 2.24. The number of fused-ring (bicyclic) bond motifs is 2.